The maximum absolute atomic E-state index is 13.0. The van der Waals surface area contributed by atoms with Gasteiger partial charge in [-0.2, -0.15) is 13.2 Å². The third-order valence-electron chi connectivity index (χ3n) is 4.90. The minimum absolute atomic E-state index is 0.0327. The molecule has 4 nitrogen and oxygen atoms in total. The highest BCUT2D eigenvalue weighted by molar-refractivity contribution is 7.80. The maximum Gasteiger partial charge on any atom is 0.416 e. The number of thiocarbonyl (C=S) groups is 1. The van der Waals surface area contributed by atoms with Crippen LogP contribution in [0, 0.1) is 0 Å². The molecule has 33 heavy (non-hydrogen) atoms. The van der Waals surface area contributed by atoms with Crippen LogP contribution < -0.4 is 10.6 Å². The van der Waals surface area contributed by atoms with Crippen molar-refractivity contribution < 1.29 is 22.4 Å². The van der Waals surface area contributed by atoms with E-state index in [1.807, 2.05) is 24.3 Å². The van der Waals surface area contributed by atoms with Crippen LogP contribution in [0.4, 0.5) is 18.9 Å². The molecule has 0 atom stereocenters. The van der Waals surface area contributed by atoms with E-state index in [0.29, 0.717) is 0 Å². The van der Waals surface area contributed by atoms with Crippen molar-refractivity contribution in [3.63, 3.8) is 0 Å². The van der Waals surface area contributed by atoms with Gasteiger partial charge in [-0.25, -0.2) is 0 Å². The molecule has 0 bridgehead atoms. The van der Waals surface area contributed by atoms with Crippen molar-refractivity contribution in [1.82, 2.24) is 5.32 Å². The van der Waals surface area contributed by atoms with Gasteiger partial charge >= 0.3 is 6.18 Å². The number of benzene rings is 2. The average molecular weight is 495 g/mol. The summed E-state index contributed by atoms with van der Waals surface area (Å²) in [6.07, 6.45) is -0.0410. The van der Waals surface area contributed by atoms with Crippen LogP contribution in [-0.2, 0) is 12.6 Å². The Bertz CT molecular complexity index is 1130. The van der Waals surface area contributed by atoms with Gasteiger partial charge in [0.15, 0.2) is 10.9 Å². The fourth-order valence-corrected chi connectivity index (χ4v) is 3.58. The first-order chi connectivity index (χ1) is 15.7. The van der Waals surface area contributed by atoms with Gasteiger partial charge in [0.2, 0.25) is 0 Å². The smallest absolute Gasteiger partial charge is 0.416 e. The van der Waals surface area contributed by atoms with Crippen molar-refractivity contribution in [3.05, 3.63) is 76.5 Å². The molecule has 3 rings (SSSR count). The lowest BCUT2D eigenvalue weighted by Crippen LogP contribution is -2.33. The van der Waals surface area contributed by atoms with Crippen LogP contribution in [0.5, 0.6) is 0 Å². The zero-order valence-electron chi connectivity index (χ0n) is 17.8. The number of nitrogens with one attached hydrogen (secondary N) is 2. The molecule has 0 saturated heterocycles. The van der Waals surface area contributed by atoms with Crippen LogP contribution in [-0.4, -0.2) is 11.0 Å². The Morgan fingerprint density at radius 3 is 2.45 bits per heavy atom. The van der Waals surface area contributed by atoms with Gasteiger partial charge in [0.25, 0.3) is 5.91 Å². The molecule has 9 heteroatoms. The van der Waals surface area contributed by atoms with Gasteiger partial charge < -0.3 is 9.73 Å². The average Bonchev–Trinajstić information content (AvgIpc) is 3.25. The minimum Gasteiger partial charge on any atom is -0.451 e. The van der Waals surface area contributed by atoms with Crippen LogP contribution in [0.2, 0.25) is 5.02 Å². The van der Waals surface area contributed by atoms with Crippen molar-refractivity contribution in [2.24, 2.45) is 0 Å². The van der Waals surface area contributed by atoms with Crippen molar-refractivity contribution in [3.8, 4) is 11.3 Å². The molecule has 0 saturated carbocycles. The number of hydrogen-bond donors (Lipinski definition) is 2. The summed E-state index contributed by atoms with van der Waals surface area (Å²) >= 11 is 11.2. The highest BCUT2D eigenvalue weighted by Gasteiger charge is 2.31. The van der Waals surface area contributed by atoms with Gasteiger partial charge in [-0.1, -0.05) is 43.5 Å². The summed E-state index contributed by atoms with van der Waals surface area (Å²) in [6.45, 7) is 2.16. The third kappa shape index (κ3) is 6.82. The predicted molar refractivity (Wildman–Crippen MR) is 128 cm³/mol. The van der Waals surface area contributed by atoms with E-state index in [1.165, 1.54) is 24.1 Å². The molecule has 0 spiro atoms. The number of furan rings is 1. The molecule has 174 valence electrons. The molecule has 2 aromatic carbocycles. The van der Waals surface area contributed by atoms with E-state index in [9.17, 15) is 18.0 Å². The maximum atomic E-state index is 13.0. The Morgan fingerprint density at radius 1 is 1.06 bits per heavy atom. The van der Waals surface area contributed by atoms with E-state index < -0.39 is 17.6 Å². The third-order valence-corrected chi connectivity index (χ3v) is 5.43. The number of rotatable bonds is 7. The summed E-state index contributed by atoms with van der Waals surface area (Å²) in [7, 11) is 0. The first-order valence-electron chi connectivity index (χ1n) is 10.4. The molecule has 0 fully saturated rings. The molecule has 1 heterocycles. The zero-order chi connectivity index (χ0) is 24.0. The number of unbranched alkanes of at least 4 members (excludes halogenated alkanes) is 2. The molecule has 2 N–H and O–H groups in total. The van der Waals surface area contributed by atoms with E-state index in [2.05, 4.69) is 17.6 Å². The molecule has 0 aliphatic carbocycles. The van der Waals surface area contributed by atoms with Crippen molar-refractivity contribution >= 4 is 40.5 Å². The van der Waals surface area contributed by atoms with E-state index >= 15 is 0 Å². The van der Waals surface area contributed by atoms with Gasteiger partial charge in [0.05, 0.1) is 10.6 Å². The van der Waals surface area contributed by atoms with Gasteiger partial charge in [0, 0.05) is 11.3 Å². The highest BCUT2D eigenvalue weighted by atomic mass is 35.5. The zero-order valence-corrected chi connectivity index (χ0v) is 19.3. The number of hydrogen-bond acceptors (Lipinski definition) is 3. The normalized spacial score (nSPS) is 11.3. The first-order valence-corrected chi connectivity index (χ1v) is 11.1. The fraction of sp³-hybridized carbons (Fsp3) is 0.250. The second-order valence-corrected chi connectivity index (χ2v) is 8.23. The standard InChI is InChI=1S/C24H22ClF3N2O2S/c1-2-3-4-5-15-6-9-17(10-7-15)29-23(33)30-22(31)21-13-12-20(32-21)18-14-16(24(26,27)28)8-11-19(18)25/h6-14H,2-5H2,1H3,(H2,29,30,31,33). The topological polar surface area (TPSA) is 54.3 Å². The Morgan fingerprint density at radius 2 is 1.79 bits per heavy atom. The van der Waals surface area contributed by atoms with Crippen LogP contribution in [0.25, 0.3) is 11.3 Å². The molecule has 1 aromatic heterocycles. The lowest BCUT2D eigenvalue weighted by Gasteiger charge is -2.10. The quantitative estimate of drug-likeness (QED) is 0.264. The number of amides is 1. The summed E-state index contributed by atoms with van der Waals surface area (Å²) in [5.41, 5.74) is 1.10. The molecule has 1 amide bonds. The Labute approximate surface area is 200 Å². The predicted octanol–water partition coefficient (Wildman–Crippen LogP) is 7.48. The summed E-state index contributed by atoms with van der Waals surface area (Å²) in [5.74, 6) is -0.722. The first kappa shape index (κ1) is 24.8. The summed E-state index contributed by atoms with van der Waals surface area (Å²) in [4.78, 5) is 12.5. The highest BCUT2D eigenvalue weighted by Crippen LogP contribution is 2.36. The van der Waals surface area contributed by atoms with E-state index in [0.717, 1.165) is 43.1 Å². The lowest BCUT2D eigenvalue weighted by atomic mass is 10.1. The van der Waals surface area contributed by atoms with Crippen LogP contribution >= 0.6 is 23.8 Å². The van der Waals surface area contributed by atoms with E-state index in [4.69, 9.17) is 28.2 Å². The number of carbonyl (C=O) groups is 1. The Hall–Kier alpha value is -2.84. The molecule has 0 radical (unpaired) electrons. The lowest BCUT2D eigenvalue weighted by molar-refractivity contribution is -0.137. The van der Waals surface area contributed by atoms with Gasteiger partial charge in [-0.05, 0) is 73.1 Å². The second-order valence-electron chi connectivity index (χ2n) is 7.42. The summed E-state index contributed by atoms with van der Waals surface area (Å²) < 4.78 is 44.5. The van der Waals surface area contributed by atoms with E-state index in [1.54, 1.807) is 0 Å². The number of anilines is 1. The van der Waals surface area contributed by atoms with Gasteiger partial charge in [-0.15, -0.1) is 0 Å². The van der Waals surface area contributed by atoms with Crippen LogP contribution in [0.15, 0.2) is 59.0 Å². The van der Waals surface area contributed by atoms with Crippen LogP contribution in [0.3, 0.4) is 0 Å². The molecule has 0 aliphatic heterocycles. The largest absolute Gasteiger partial charge is 0.451 e. The minimum atomic E-state index is -4.53. The SMILES string of the molecule is CCCCCc1ccc(NC(=S)NC(=O)c2ccc(-c3cc(C(F)(F)F)ccc3Cl)o2)cc1. The van der Waals surface area contributed by atoms with E-state index in [-0.39, 0.29) is 27.2 Å². The summed E-state index contributed by atoms with van der Waals surface area (Å²) in [5, 5.41) is 5.54. The Balaban J connectivity index is 1.62. The number of halogens is 4. The Kier molecular flexibility index (Phi) is 8.15. The molecular weight excluding hydrogens is 473 g/mol. The van der Waals surface area contributed by atoms with Crippen molar-refractivity contribution in [2.45, 2.75) is 38.8 Å². The number of carbonyl (C=O) groups excluding carboxylic acids is 1. The van der Waals surface area contributed by atoms with Gasteiger partial charge in [0.1, 0.15) is 5.76 Å². The van der Waals surface area contributed by atoms with Gasteiger partial charge in [-0.3, -0.25) is 10.1 Å². The molecule has 0 unspecified atom stereocenters. The van der Waals surface area contributed by atoms with Crippen molar-refractivity contribution in [2.75, 3.05) is 5.32 Å². The molecular formula is C24H22ClF3N2O2S. The summed E-state index contributed by atoms with van der Waals surface area (Å²) in [6, 6.07) is 13.4. The molecule has 0 aliphatic rings. The fourth-order valence-electron chi connectivity index (χ4n) is 3.16. The number of aryl methyl sites for hydroxylation is 1. The number of alkyl halides is 3. The van der Waals surface area contributed by atoms with Crippen LogP contribution in [0.1, 0.15) is 47.9 Å². The molecule has 3 aromatic rings. The second kappa shape index (κ2) is 10.9. The van der Waals surface area contributed by atoms with Crippen molar-refractivity contribution in [1.29, 1.82) is 0 Å². The monoisotopic (exact) mass is 494 g/mol.